The Morgan fingerprint density at radius 3 is 2.92 bits per heavy atom. The first-order valence-electron chi connectivity index (χ1n) is 9.05. The van der Waals surface area contributed by atoms with Gasteiger partial charge in [-0.2, -0.15) is 0 Å². The molecule has 0 aromatic carbocycles. The maximum Gasteiger partial charge on any atom is 0.263 e. The Hall–Kier alpha value is -1.38. The number of hydrogen-bond acceptors (Lipinski definition) is 6. The van der Waals surface area contributed by atoms with Crippen molar-refractivity contribution in [2.24, 2.45) is 0 Å². The fourth-order valence-electron chi connectivity index (χ4n) is 3.22. The Bertz CT molecular complexity index is 859. The molecule has 6 nitrogen and oxygen atoms in total. The van der Waals surface area contributed by atoms with Crippen LogP contribution in [-0.4, -0.2) is 41.0 Å². The first-order chi connectivity index (χ1) is 12.6. The van der Waals surface area contributed by atoms with Gasteiger partial charge in [0.1, 0.15) is 4.83 Å². The number of thioether (sulfide) groups is 1. The summed E-state index contributed by atoms with van der Waals surface area (Å²) in [7, 11) is 1.62. The molecule has 1 N–H and O–H groups in total. The number of methoxy groups -OCH3 is 1. The van der Waals surface area contributed by atoms with E-state index < -0.39 is 0 Å². The van der Waals surface area contributed by atoms with E-state index in [0.717, 1.165) is 29.5 Å². The lowest BCUT2D eigenvalue weighted by molar-refractivity contribution is -0.120. The van der Waals surface area contributed by atoms with Gasteiger partial charge in [0.2, 0.25) is 5.91 Å². The molecule has 142 valence electrons. The van der Waals surface area contributed by atoms with Crippen molar-refractivity contribution < 1.29 is 9.53 Å². The summed E-state index contributed by atoms with van der Waals surface area (Å²) in [6.07, 6.45) is 4.29. The van der Waals surface area contributed by atoms with Crippen LogP contribution in [0.2, 0.25) is 0 Å². The summed E-state index contributed by atoms with van der Waals surface area (Å²) in [5.41, 5.74) is 1.19. The van der Waals surface area contributed by atoms with Gasteiger partial charge >= 0.3 is 0 Å². The number of carbonyl (C=O) groups excluding carboxylic acids is 1. The number of amides is 1. The normalized spacial score (nSPS) is 15.0. The van der Waals surface area contributed by atoms with E-state index in [1.165, 1.54) is 28.6 Å². The Kier molecular flexibility index (Phi) is 6.37. The number of hydrogen-bond donors (Lipinski definition) is 1. The van der Waals surface area contributed by atoms with Crippen molar-refractivity contribution in [2.45, 2.75) is 56.5 Å². The highest BCUT2D eigenvalue weighted by Gasteiger charge is 2.24. The Morgan fingerprint density at radius 2 is 2.19 bits per heavy atom. The molecule has 2 heterocycles. The molecule has 3 rings (SSSR count). The van der Waals surface area contributed by atoms with E-state index in [4.69, 9.17) is 9.72 Å². The molecule has 0 saturated heterocycles. The summed E-state index contributed by atoms with van der Waals surface area (Å²) in [6, 6.07) is 0. The van der Waals surface area contributed by atoms with Gasteiger partial charge < -0.3 is 10.1 Å². The fraction of sp³-hybridized carbons (Fsp3) is 0.611. The van der Waals surface area contributed by atoms with Crippen molar-refractivity contribution in [1.29, 1.82) is 0 Å². The topological polar surface area (TPSA) is 73.2 Å². The van der Waals surface area contributed by atoms with Gasteiger partial charge in [-0.3, -0.25) is 14.2 Å². The van der Waals surface area contributed by atoms with Gasteiger partial charge in [0, 0.05) is 18.5 Å². The number of fused-ring (bicyclic) bond motifs is 3. The van der Waals surface area contributed by atoms with E-state index in [-0.39, 0.29) is 16.7 Å². The molecule has 26 heavy (non-hydrogen) atoms. The van der Waals surface area contributed by atoms with Gasteiger partial charge in [0.05, 0.1) is 23.8 Å². The second kappa shape index (κ2) is 8.54. The summed E-state index contributed by atoms with van der Waals surface area (Å²) in [4.78, 5) is 32.2. The van der Waals surface area contributed by atoms with Gasteiger partial charge in [0.15, 0.2) is 5.16 Å². The molecule has 2 aromatic rings. The lowest BCUT2D eigenvalue weighted by Gasteiger charge is -2.15. The van der Waals surface area contributed by atoms with Crippen molar-refractivity contribution in [1.82, 2.24) is 14.9 Å². The zero-order chi connectivity index (χ0) is 18.7. The average Bonchev–Trinajstić information content (AvgIpc) is 3.00. The quantitative estimate of drug-likeness (QED) is 0.576. The van der Waals surface area contributed by atoms with Crippen LogP contribution in [0, 0.1) is 0 Å². The number of aryl methyl sites for hydroxylation is 2. The monoisotopic (exact) mass is 395 g/mol. The molecule has 0 unspecified atom stereocenters. The van der Waals surface area contributed by atoms with E-state index in [9.17, 15) is 9.59 Å². The molecule has 0 radical (unpaired) electrons. The predicted molar refractivity (Wildman–Crippen MR) is 106 cm³/mol. The molecule has 0 saturated carbocycles. The van der Waals surface area contributed by atoms with Crippen LogP contribution in [0.3, 0.4) is 0 Å². The number of thiophene rings is 1. The van der Waals surface area contributed by atoms with Crippen molar-refractivity contribution in [3.8, 4) is 0 Å². The minimum atomic E-state index is -0.317. The zero-order valence-corrected chi connectivity index (χ0v) is 17.1. The highest BCUT2D eigenvalue weighted by molar-refractivity contribution is 8.00. The van der Waals surface area contributed by atoms with Crippen LogP contribution in [0.25, 0.3) is 10.2 Å². The van der Waals surface area contributed by atoms with Crippen molar-refractivity contribution in [2.75, 3.05) is 20.3 Å². The van der Waals surface area contributed by atoms with Crippen LogP contribution in [0.4, 0.5) is 0 Å². The summed E-state index contributed by atoms with van der Waals surface area (Å²) in [5, 5.41) is 3.87. The summed E-state index contributed by atoms with van der Waals surface area (Å²) in [6.45, 7) is 5.19. The number of rotatable bonds is 7. The Labute approximate surface area is 161 Å². The first kappa shape index (κ1) is 19.4. The van der Waals surface area contributed by atoms with Crippen molar-refractivity contribution in [3.63, 3.8) is 0 Å². The molecule has 1 aliphatic rings. The van der Waals surface area contributed by atoms with Gasteiger partial charge in [-0.05, 0) is 45.1 Å². The maximum atomic E-state index is 13.2. The highest BCUT2D eigenvalue weighted by Crippen LogP contribution is 2.35. The number of aromatic nitrogens is 2. The molecular formula is C18H25N3O3S2. The molecule has 1 aliphatic carbocycles. The standard InChI is InChI=1S/C18H25N3O3S2/c1-4-19-15(22)11(2)25-18-20-16-14(17(23)21(18)9-10-24-3)12-7-5-6-8-13(12)26-16/h11H,4-10H2,1-3H3,(H,19,22)/t11-/m1/s1. The molecule has 1 atom stereocenters. The second-order valence-electron chi connectivity index (χ2n) is 6.39. The van der Waals surface area contributed by atoms with Crippen LogP contribution in [0.15, 0.2) is 9.95 Å². The number of carbonyl (C=O) groups is 1. The Balaban J connectivity index is 2.05. The van der Waals surface area contributed by atoms with E-state index in [2.05, 4.69) is 5.32 Å². The van der Waals surface area contributed by atoms with Crippen molar-refractivity contribution in [3.05, 3.63) is 20.8 Å². The van der Waals surface area contributed by atoms with Crippen LogP contribution in [0.5, 0.6) is 0 Å². The van der Waals surface area contributed by atoms with E-state index in [1.54, 1.807) is 23.0 Å². The van der Waals surface area contributed by atoms with Gasteiger partial charge in [-0.25, -0.2) is 4.98 Å². The predicted octanol–water partition coefficient (Wildman–Crippen LogP) is 2.60. The van der Waals surface area contributed by atoms with E-state index >= 15 is 0 Å². The lowest BCUT2D eigenvalue weighted by atomic mass is 9.97. The second-order valence-corrected chi connectivity index (χ2v) is 8.78. The third kappa shape index (κ3) is 3.82. The minimum absolute atomic E-state index is 0.00273. The van der Waals surface area contributed by atoms with Gasteiger partial charge in [-0.1, -0.05) is 11.8 Å². The molecular weight excluding hydrogens is 370 g/mol. The zero-order valence-electron chi connectivity index (χ0n) is 15.5. The number of nitrogens with one attached hydrogen (secondary N) is 1. The molecule has 2 aromatic heterocycles. The van der Waals surface area contributed by atoms with Gasteiger partial charge in [-0.15, -0.1) is 11.3 Å². The largest absolute Gasteiger partial charge is 0.383 e. The lowest BCUT2D eigenvalue weighted by Crippen LogP contribution is -2.32. The van der Waals surface area contributed by atoms with Crippen LogP contribution in [0.1, 0.15) is 37.1 Å². The summed E-state index contributed by atoms with van der Waals surface area (Å²) < 4.78 is 6.85. The van der Waals surface area contributed by atoms with Crippen LogP contribution in [-0.2, 0) is 28.9 Å². The first-order valence-corrected chi connectivity index (χ1v) is 10.7. The molecule has 8 heteroatoms. The van der Waals surface area contributed by atoms with E-state index in [1.807, 2.05) is 13.8 Å². The molecule has 0 bridgehead atoms. The fourth-order valence-corrected chi connectivity index (χ4v) is 5.48. The minimum Gasteiger partial charge on any atom is -0.383 e. The molecule has 0 spiro atoms. The summed E-state index contributed by atoms with van der Waals surface area (Å²) in [5.74, 6) is -0.0457. The number of nitrogens with zero attached hydrogens (tertiary/aromatic N) is 2. The smallest absolute Gasteiger partial charge is 0.263 e. The van der Waals surface area contributed by atoms with Crippen LogP contribution < -0.4 is 10.9 Å². The van der Waals surface area contributed by atoms with Crippen LogP contribution >= 0.6 is 23.1 Å². The van der Waals surface area contributed by atoms with Crippen molar-refractivity contribution >= 4 is 39.2 Å². The third-order valence-electron chi connectivity index (χ3n) is 4.56. The molecule has 0 aliphatic heterocycles. The van der Waals surface area contributed by atoms with Gasteiger partial charge in [0.25, 0.3) is 5.56 Å². The molecule has 0 fully saturated rings. The highest BCUT2D eigenvalue weighted by atomic mass is 32.2. The third-order valence-corrected chi connectivity index (χ3v) is 6.84. The van der Waals surface area contributed by atoms with E-state index in [0.29, 0.717) is 24.9 Å². The maximum absolute atomic E-state index is 13.2. The Morgan fingerprint density at radius 1 is 1.42 bits per heavy atom. The number of ether oxygens (including phenoxy) is 1. The average molecular weight is 396 g/mol. The SMILES string of the molecule is CCNC(=O)[C@@H](C)Sc1nc2sc3c(c2c(=O)n1CCOC)CCCC3. The molecule has 1 amide bonds. The summed E-state index contributed by atoms with van der Waals surface area (Å²) >= 11 is 2.97.